The summed E-state index contributed by atoms with van der Waals surface area (Å²) in [5, 5.41) is 2.24. The first-order chi connectivity index (χ1) is 10.9. The number of benzene rings is 1. The maximum atomic E-state index is 12.2. The van der Waals surface area contributed by atoms with E-state index < -0.39 is 15.9 Å². The molecule has 1 aromatic heterocycles. The highest BCUT2D eigenvalue weighted by Crippen LogP contribution is 2.29. The molecule has 9 heteroatoms. The predicted octanol–water partition coefficient (Wildman–Crippen LogP) is 1.46. The van der Waals surface area contributed by atoms with Crippen LogP contribution in [0.1, 0.15) is 10.6 Å². The van der Waals surface area contributed by atoms with E-state index in [2.05, 4.69) is 10.0 Å². The molecule has 0 saturated heterocycles. The van der Waals surface area contributed by atoms with Crippen LogP contribution >= 0.6 is 0 Å². The highest BCUT2D eigenvalue weighted by Gasteiger charge is 2.20. The maximum absolute atomic E-state index is 12.2. The van der Waals surface area contributed by atoms with Gasteiger partial charge < -0.3 is 19.2 Å². The molecule has 2 N–H and O–H groups in total. The summed E-state index contributed by atoms with van der Waals surface area (Å²) in [5.41, 5.74) is 0.396. The lowest BCUT2D eigenvalue weighted by Gasteiger charge is -2.10. The molecule has 0 atom stereocenters. The molecule has 0 saturated carbocycles. The lowest BCUT2D eigenvalue weighted by atomic mass is 10.2. The number of sulfonamides is 1. The normalized spacial score (nSPS) is 11.1. The number of rotatable bonds is 6. The van der Waals surface area contributed by atoms with Gasteiger partial charge in [-0.3, -0.25) is 4.79 Å². The van der Waals surface area contributed by atoms with Crippen molar-refractivity contribution in [3.8, 4) is 11.5 Å². The van der Waals surface area contributed by atoms with Crippen molar-refractivity contribution >= 4 is 21.6 Å². The number of hydrogen-bond donors (Lipinski definition) is 2. The average Bonchev–Trinajstić information content (AvgIpc) is 3.06. The second-order valence-electron chi connectivity index (χ2n) is 4.35. The van der Waals surface area contributed by atoms with E-state index in [1.165, 1.54) is 33.4 Å². The Balaban J connectivity index is 2.23. The van der Waals surface area contributed by atoms with Gasteiger partial charge >= 0.3 is 0 Å². The van der Waals surface area contributed by atoms with E-state index in [0.29, 0.717) is 17.2 Å². The molecule has 0 fully saturated rings. The number of nitrogens with one attached hydrogen (secondary N) is 2. The zero-order valence-corrected chi connectivity index (χ0v) is 13.6. The van der Waals surface area contributed by atoms with Gasteiger partial charge in [-0.15, -0.1) is 0 Å². The number of anilines is 1. The van der Waals surface area contributed by atoms with Crippen molar-refractivity contribution in [2.45, 2.75) is 5.09 Å². The van der Waals surface area contributed by atoms with Gasteiger partial charge in [-0.1, -0.05) is 0 Å². The number of furan rings is 1. The summed E-state index contributed by atoms with van der Waals surface area (Å²) in [6.07, 6.45) is 0. The van der Waals surface area contributed by atoms with Crippen molar-refractivity contribution in [1.29, 1.82) is 0 Å². The molecule has 2 aromatic rings. The van der Waals surface area contributed by atoms with Crippen molar-refractivity contribution < 1.29 is 27.1 Å². The molecule has 0 radical (unpaired) electrons. The van der Waals surface area contributed by atoms with Crippen molar-refractivity contribution in [3.63, 3.8) is 0 Å². The fourth-order valence-corrected chi connectivity index (χ4v) is 2.42. The minimum absolute atomic E-state index is 0.142. The van der Waals surface area contributed by atoms with Crippen molar-refractivity contribution in [2.24, 2.45) is 0 Å². The Morgan fingerprint density at radius 1 is 1.13 bits per heavy atom. The smallest absolute Gasteiger partial charge is 0.291 e. The Hall–Kier alpha value is -2.52. The first-order valence-corrected chi connectivity index (χ1v) is 7.96. The molecule has 124 valence electrons. The van der Waals surface area contributed by atoms with Crippen LogP contribution in [0.15, 0.2) is 39.8 Å². The van der Waals surface area contributed by atoms with Crippen LogP contribution in [0.4, 0.5) is 5.69 Å². The Morgan fingerprint density at radius 3 is 2.48 bits per heavy atom. The Kier molecular flexibility index (Phi) is 4.92. The molecule has 1 heterocycles. The van der Waals surface area contributed by atoms with Gasteiger partial charge in [0.25, 0.3) is 15.9 Å². The molecule has 0 aliphatic heterocycles. The van der Waals surface area contributed by atoms with E-state index in [1.54, 1.807) is 18.2 Å². The Bertz CT molecular complexity index is 812. The van der Waals surface area contributed by atoms with E-state index >= 15 is 0 Å². The summed E-state index contributed by atoms with van der Waals surface area (Å²) < 4.78 is 40.6. The lowest BCUT2D eigenvalue weighted by molar-refractivity contribution is 0.0991. The molecule has 2 rings (SSSR count). The topological polar surface area (TPSA) is 107 Å². The van der Waals surface area contributed by atoms with Gasteiger partial charge in [0.1, 0.15) is 11.5 Å². The van der Waals surface area contributed by atoms with Crippen LogP contribution in [0, 0.1) is 0 Å². The first-order valence-electron chi connectivity index (χ1n) is 6.48. The second-order valence-corrected chi connectivity index (χ2v) is 6.16. The standard InChI is InChI=1S/C14H16N2O6S/c1-15-23(18,19)13-7-6-11(22-13)14(17)16-10-5-4-9(20-2)8-12(10)21-3/h4-8,15H,1-3H3,(H,16,17). The van der Waals surface area contributed by atoms with Crippen molar-refractivity contribution in [3.05, 3.63) is 36.1 Å². The SMILES string of the molecule is CNS(=O)(=O)c1ccc(C(=O)Nc2ccc(OC)cc2OC)o1. The van der Waals surface area contributed by atoms with E-state index in [0.717, 1.165) is 0 Å². The van der Waals surface area contributed by atoms with Crippen LogP contribution in [-0.4, -0.2) is 35.6 Å². The van der Waals surface area contributed by atoms with E-state index in [9.17, 15) is 13.2 Å². The summed E-state index contributed by atoms with van der Waals surface area (Å²) >= 11 is 0. The number of carbonyl (C=O) groups is 1. The number of carbonyl (C=O) groups excluding carboxylic acids is 1. The Labute approximate surface area is 133 Å². The third-order valence-corrected chi connectivity index (χ3v) is 4.28. The quantitative estimate of drug-likeness (QED) is 0.824. The summed E-state index contributed by atoms with van der Waals surface area (Å²) in [4.78, 5) is 12.2. The third kappa shape index (κ3) is 3.63. The maximum Gasteiger partial charge on any atom is 0.291 e. The molecule has 0 spiro atoms. The summed E-state index contributed by atoms with van der Waals surface area (Å²) in [7, 11) is 0.473. The molecule has 1 amide bonds. The predicted molar refractivity (Wildman–Crippen MR) is 82.5 cm³/mol. The number of methoxy groups -OCH3 is 2. The molecule has 0 unspecified atom stereocenters. The fraction of sp³-hybridized carbons (Fsp3) is 0.214. The van der Waals surface area contributed by atoms with Gasteiger partial charge in [0, 0.05) is 6.07 Å². The van der Waals surface area contributed by atoms with Crippen molar-refractivity contribution in [2.75, 3.05) is 26.6 Å². The second kappa shape index (κ2) is 6.71. The van der Waals surface area contributed by atoms with Gasteiger partial charge in [0.2, 0.25) is 5.09 Å². The van der Waals surface area contributed by atoms with Crippen LogP contribution in [0.5, 0.6) is 11.5 Å². The molecule has 0 aliphatic carbocycles. The molecule has 1 aromatic carbocycles. The van der Waals surface area contributed by atoms with Gasteiger partial charge in [-0.25, -0.2) is 13.1 Å². The monoisotopic (exact) mass is 340 g/mol. The molecular weight excluding hydrogens is 324 g/mol. The lowest BCUT2D eigenvalue weighted by Crippen LogP contribution is -2.18. The van der Waals surface area contributed by atoms with E-state index in [-0.39, 0.29) is 10.9 Å². The van der Waals surface area contributed by atoms with Gasteiger partial charge in [-0.05, 0) is 31.3 Å². The van der Waals surface area contributed by atoms with E-state index in [1.807, 2.05) is 0 Å². The molecule has 8 nitrogen and oxygen atoms in total. The van der Waals surface area contributed by atoms with Gasteiger partial charge in [-0.2, -0.15) is 0 Å². The minimum Gasteiger partial charge on any atom is -0.497 e. The third-order valence-electron chi connectivity index (χ3n) is 3.00. The summed E-state index contributed by atoms with van der Waals surface area (Å²) in [5.74, 6) is 0.218. The largest absolute Gasteiger partial charge is 0.497 e. The highest BCUT2D eigenvalue weighted by atomic mass is 32.2. The van der Waals surface area contributed by atoms with Crippen LogP contribution in [0.25, 0.3) is 0 Å². The van der Waals surface area contributed by atoms with Crippen molar-refractivity contribution in [1.82, 2.24) is 4.72 Å². The summed E-state index contributed by atoms with van der Waals surface area (Å²) in [6.45, 7) is 0. The summed E-state index contributed by atoms with van der Waals surface area (Å²) in [6, 6.07) is 7.33. The molecule has 23 heavy (non-hydrogen) atoms. The van der Waals surface area contributed by atoms with Crippen LogP contribution < -0.4 is 19.5 Å². The molecule has 0 bridgehead atoms. The van der Waals surface area contributed by atoms with Gasteiger partial charge in [0.15, 0.2) is 5.76 Å². The van der Waals surface area contributed by atoms with Gasteiger partial charge in [0.05, 0.1) is 19.9 Å². The minimum atomic E-state index is -3.74. The van der Waals surface area contributed by atoms with Crippen LogP contribution in [0.2, 0.25) is 0 Å². The van der Waals surface area contributed by atoms with Crippen LogP contribution in [0.3, 0.4) is 0 Å². The number of ether oxygens (including phenoxy) is 2. The fourth-order valence-electron chi connectivity index (χ4n) is 1.77. The molecular formula is C14H16N2O6S. The Morgan fingerprint density at radius 2 is 1.87 bits per heavy atom. The zero-order chi connectivity index (χ0) is 17.0. The van der Waals surface area contributed by atoms with E-state index in [4.69, 9.17) is 13.9 Å². The number of amides is 1. The zero-order valence-electron chi connectivity index (χ0n) is 12.7. The number of hydrogen-bond acceptors (Lipinski definition) is 6. The molecule has 0 aliphatic rings. The van der Waals surface area contributed by atoms with Crippen LogP contribution in [-0.2, 0) is 10.0 Å². The average molecular weight is 340 g/mol. The highest BCUT2D eigenvalue weighted by molar-refractivity contribution is 7.89. The first kappa shape index (κ1) is 16.8.